The average molecular weight is 403 g/mol. The molecule has 1 atom stereocenters. The Morgan fingerprint density at radius 2 is 2.00 bits per heavy atom. The van der Waals surface area contributed by atoms with E-state index in [1.165, 1.54) is 12.7 Å². The lowest BCUT2D eigenvalue weighted by Crippen LogP contribution is -2.42. The summed E-state index contributed by atoms with van der Waals surface area (Å²) in [6.07, 6.45) is 3.93. The van der Waals surface area contributed by atoms with Crippen LogP contribution in [-0.4, -0.2) is 34.2 Å². The van der Waals surface area contributed by atoms with Crippen molar-refractivity contribution in [3.05, 3.63) is 59.2 Å². The Kier molecular flexibility index (Phi) is 5.93. The van der Waals surface area contributed by atoms with Crippen molar-refractivity contribution in [1.29, 1.82) is 0 Å². The van der Waals surface area contributed by atoms with Gasteiger partial charge < -0.3 is 10.1 Å². The first-order valence-corrected chi connectivity index (χ1v) is 11.1. The van der Waals surface area contributed by atoms with E-state index in [9.17, 15) is 13.2 Å². The van der Waals surface area contributed by atoms with Gasteiger partial charge >= 0.3 is 0 Å². The topological polar surface area (TPSA) is 75.7 Å². The zero-order valence-corrected chi connectivity index (χ0v) is 17.3. The standard InChI is InChI=1S/C21H26N2O4S/c1-15-11-12-20(27-2)19(13-15)23(28(3,25)26)14-21(24)22-18-10-6-8-16-7-4-5-9-17(16)18/h4-5,7,9,11-13,18H,6,8,10,14H2,1-3H3,(H,22,24). The molecule has 3 rings (SSSR count). The molecular formula is C21H26N2O4S. The van der Waals surface area contributed by atoms with E-state index in [0.29, 0.717) is 11.4 Å². The molecule has 2 aromatic carbocycles. The lowest BCUT2D eigenvalue weighted by Gasteiger charge is -2.28. The minimum atomic E-state index is -3.67. The number of sulfonamides is 1. The predicted molar refractivity (Wildman–Crippen MR) is 110 cm³/mol. The van der Waals surface area contributed by atoms with E-state index in [0.717, 1.165) is 41.0 Å². The minimum absolute atomic E-state index is 0.0988. The summed E-state index contributed by atoms with van der Waals surface area (Å²) in [6.45, 7) is 1.57. The molecule has 0 radical (unpaired) electrons. The maximum Gasteiger partial charge on any atom is 0.241 e. The van der Waals surface area contributed by atoms with Gasteiger partial charge in [-0.05, 0) is 55.0 Å². The van der Waals surface area contributed by atoms with Crippen LogP contribution < -0.4 is 14.4 Å². The van der Waals surface area contributed by atoms with Crippen LogP contribution in [0.1, 0.15) is 35.6 Å². The molecule has 0 aromatic heterocycles. The van der Waals surface area contributed by atoms with E-state index >= 15 is 0 Å². The molecule has 150 valence electrons. The Balaban J connectivity index is 1.84. The number of hydrogen-bond donors (Lipinski definition) is 1. The van der Waals surface area contributed by atoms with Crippen LogP contribution in [0.5, 0.6) is 5.75 Å². The van der Waals surface area contributed by atoms with E-state index in [4.69, 9.17) is 4.74 Å². The minimum Gasteiger partial charge on any atom is -0.495 e. The fourth-order valence-corrected chi connectivity index (χ4v) is 4.50. The molecule has 0 saturated heterocycles. The van der Waals surface area contributed by atoms with Crippen LogP contribution in [0.3, 0.4) is 0 Å². The van der Waals surface area contributed by atoms with Gasteiger partial charge in [-0.2, -0.15) is 0 Å². The lowest BCUT2D eigenvalue weighted by molar-refractivity contribution is -0.120. The summed E-state index contributed by atoms with van der Waals surface area (Å²) in [5.41, 5.74) is 3.59. The number of carbonyl (C=O) groups excluding carboxylic acids is 1. The highest BCUT2D eigenvalue weighted by atomic mass is 32.2. The maximum atomic E-state index is 12.8. The molecule has 0 spiro atoms. The molecule has 0 saturated carbocycles. The Labute approximate surface area is 166 Å². The first-order valence-electron chi connectivity index (χ1n) is 9.29. The zero-order valence-electron chi connectivity index (χ0n) is 16.4. The number of nitrogens with one attached hydrogen (secondary N) is 1. The van der Waals surface area contributed by atoms with Crippen LogP contribution in [0.2, 0.25) is 0 Å². The van der Waals surface area contributed by atoms with E-state index < -0.39 is 10.0 Å². The molecule has 6 nitrogen and oxygen atoms in total. The van der Waals surface area contributed by atoms with Crippen molar-refractivity contribution in [2.75, 3.05) is 24.2 Å². The molecular weight excluding hydrogens is 376 g/mol. The number of carbonyl (C=O) groups is 1. The summed E-state index contributed by atoms with van der Waals surface area (Å²) < 4.78 is 31.3. The highest BCUT2D eigenvalue weighted by Gasteiger charge is 2.27. The number of anilines is 1. The first kappa shape index (κ1) is 20.2. The molecule has 1 unspecified atom stereocenters. The lowest BCUT2D eigenvalue weighted by atomic mass is 9.88. The van der Waals surface area contributed by atoms with Gasteiger partial charge in [-0.3, -0.25) is 9.10 Å². The third kappa shape index (κ3) is 4.47. The Morgan fingerprint density at radius 3 is 2.71 bits per heavy atom. The molecule has 7 heteroatoms. The number of hydrogen-bond acceptors (Lipinski definition) is 4. The van der Waals surface area contributed by atoms with Gasteiger partial charge in [0.2, 0.25) is 15.9 Å². The fourth-order valence-electron chi connectivity index (χ4n) is 3.65. The monoisotopic (exact) mass is 402 g/mol. The first-order chi connectivity index (χ1) is 13.3. The quantitative estimate of drug-likeness (QED) is 0.806. The van der Waals surface area contributed by atoms with E-state index in [1.807, 2.05) is 31.2 Å². The highest BCUT2D eigenvalue weighted by Crippen LogP contribution is 2.32. The summed E-state index contributed by atoms with van der Waals surface area (Å²) in [6, 6.07) is 13.2. The highest BCUT2D eigenvalue weighted by molar-refractivity contribution is 7.92. The van der Waals surface area contributed by atoms with Gasteiger partial charge in [0.25, 0.3) is 0 Å². The Bertz CT molecular complexity index is 972. The molecule has 1 N–H and O–H groups in total. The van der Waals surface area contributed by atoms with E-state index in [1.54, 1.807) is 12.1 Å². The fraction of sp³-hybridized carbons (Fsp3) is 0.381. The molecule has 0 aliphatic heterocycles. The number of benzene rings is 2. The van der Waals surface area contributed by atoms with Crippen LogP contribution in [0.25, 0.3) is 0 Å². The van der Waals surface area contributed by atoms with Crippen molar-refractivity contribution >= 4 is 21.6 Å². The van der Waals surface area contributed by atoms with Crippen molar-refractivity contribution in [1.82, 2.24) is 5.32 Å². The summed E-state index contributed by atoms with van der Waals surface area (Å²) in [4.78, 5) is 12.8. The molecule has 2 aromatic rings. The average Bonchev–Trinajstić information content (AvgIpc) is 2.65. The third-order valence-corrected chi connectivity index (χ3v) is 6.12. The third-order valence-electron chi connectivity index (χ3n) is 5.00. The summed E-state index contributed by atoms with van der Waals surface area (Å²) in [7, 11) is -2.19. The Morgan fingerprint density at radius 1 is 1.25 bits per heavy atom. The molecule has 28 heavy (non-hydrogen) atoms. The van der Waals surface area contributed by atoms with Gasteiger partial charge in [0.15, 0.2) is 0 Å². The second-order valence-corrected chi connectivity index (χ2v) is 9.06. The van der Waals surface area contributed by atoms with Gasteiger partial charge in [0.05, 0.1) is 25.1 Å². The SMILES string of the molecule is COc1ccc(C)cc1N(CC(=O)NC1CCCc2ccccc21)S(C)(=O)=O. The number of aryl methyl sites for hydroxylation is 2. The van der Waals surface area contributed by atoms with Crippen molar-refractivity contribution < 1.29 is 17.9 Å². The molecule has 0 fully saturated rings. The van der Waals surface area contributed by atoms with Gasteiger partial charge in [0, 0.05) is 0 Å². The van der Waals surface area contributed by atoms with E-state index in [2.05, 4.69) is 11.4 Å². The molecule has 0 heterocycles. The number of rotatable bonds is 6. The van der Waals surface area contributed by atoms with Crippen molar-refractivity contribution in [3.8, 4) is 5.75 Å². The number of fused-ring (bicyclic) bond motifs is 1. The smallest absolute Gasteiger partial charge is 0.241 e. The normalized spacial score (nSPS) is 16.2. The van der Waals surface area contributed by atoms with Crippen molar-refractivity contribution in [2.24, 2.45) is 0 Å². The number of ether oxygens (including phenoxy) is 1. The number of nitrogens with zero attached hydrogens (tertiary/aromatic N) is 1. The van der Waals surface area contributed by atoms with Crippen molar-refractivity contribution in [2.45, 2.75) is 32.2 Å². The summed E-state index contributed by atoms with van der Waals surface area (Å²) in [5, 5.41) is 3.01. The Hall–Kier alpha value is -2.54. The molecule has 1 aliphatic rings. The van der Waals surface area contributed by atoms with Gasteiger partial charge in [-0.25, -0.2) is 8.42 Å². The maximum absolute atomic E-state index is 12.8. The van der Waals surface area contributed by atoms with Gasteiger partial charge in [0.1, 0.15) is 12.3 Å². The number of amides is 1. The van der Waals surface area contributed by atoms with Crippen LogP contribution in [0.4, 0.5) is 5.69 Å². The summed E-state index contributed by atoms with van der Waals surface area (Å²) >= 11 is 0. The van der Waals surface area contributed by atoms with Crippen LogP contribution in [0, 0.1) is 6.92 Å². The van der Waals surface area contributed by atoms with Crippen LogP contribution >= 0.6 is 0 Å². The largest absolute Gasteiger partial charge is 0.495 e. The second kappa shape index (κ2) is 8.22. The summed E-state index contributed by atoms with van der Waals surface area (Å²) in [5.74, 6) is 0.0718. The molecule has 1 aliphatic carbocycles. The second-order valence-electron chi connectivity index (χ2n) is 7.16. The molecule has 0 bridgehead atoms. The van der Waals surface area contributed by atoms with E-state index in [-0.39, 0.29) is 18.5 Å². The zero-order chi connectivity index (χ0) is 20.3. The number of methoxy groups -OCH3 is 1. The van der Waals surface area contributed by atoms with Crippen LogP contribution in [0.15, 0.2) is 42.5 Å². The molecule has 1 amide bonds. The van der Waals surface area contributed by atoms with Crippen molar-refractivity contribution in [3.63, 3.8) is 0 Å². The van der Waals surface area contributed by atoms with Crippen LogP contribution in [-0.2, 0) is 21.2 Å². The predicted octanol–water partition coefficient (Wildman–Crippen LogP) is 2.96. The van der Waals surface area contributed by atoms with Gasteiger partial charge in [-0.15, -0.1) is 0 Å². The van der Waals surface area contributed by atoms with Gasteiger partial charge in [-0.1, -0.05) is 30.3 Å².